The van der Waals surface area contributed by atoms with E-state index in [4.69, 9.17) is 0 Å². The molecule has 90 valence electrons. The summed E-state index contributed by atoms with van der Waals surface area (Å²) >= 11 is 7.09. The van der Waals surface area contributed by atoms with Crippen LogP contribution in [-0.2, 0) is 5.33 Å². The quantitative estimate of drug-likeness (QED) is 0.679. The second-order valence-corrected chi connectivity index (χ2v) is 5.41. The van der Waals surface area contributed by atoms with Gasteiger partial charge in [0.25, 0.3) is 0 Å². The van der Waals surface area contributed by atoms with Gasteiger partial charge in [0.05, 0.1) is 0 Å². The number of benzene rings is 1. The van der Waals surface area contributed by atoms with Crippen molar-refractivity contribution >= 4 is 37.5 Å². The molecule has 0 spiro atoms. The number of hydrogen-bond donors (Lipinski definition) is 0. The molecule has 1 nitrogen and oxygen atoms in total. The molecule has 3 heteroatoms. The van der Waals surface area contributed by atoms with E-state index in [1.54, 1.807) is 0 Å². The fourth-order valence-electron chi connectivity index (χ4n) is 1.91. The zero-order chi connectivity index (χ0) is 12.1. The van der Waals surface area contributed by atoms with Crippen molar-refractivity contribution < 1.29 is 0 Å². The fraction of sp³-hybridized carbons (Fsp3) is 0.538. The molecule has 0 heterocycles. The predicted octanol–water partition coefficient (Wildman–Crippen LogP) is 4.97. The van der Waals surface area contributed by atoms with Crippen molar-refractivity contribution in [1.82, 2.24) is 0 Å². The molecule has 1 aromatic rings. The Labute approximate surface area is 115 Å². The number of alkyl halides is 1. The fourth-order valence-corrected chi connectivity index (χ4v) is 3.28. The lowest BCUT2D eigenvalue weighted by Gasteiger charge is -2.28. The highest BCUT2D eigenvalue weighted by molar-refractivity contribution is 9.10. The number of halogens is 2. The van der Waals surface area contributed by atoms with Gasteiger partial charge in [-0.25, -0.2) is 0 Å². The average Bonchev–Trinajstić information content (AvgIpc) is 2.30. The van der Waals surface area contributed by atoms with Crippen molar-refractivity contribution in [2.45, 2.75) is 38.1 Å². The first-order valence-electron chi connectivity index (χ1n) is 5.71. The molecule has 0 N–H and O–H groups in total. The van der Waals surface area contributed by atoms with Crippen molar-refractivity contribution in [2.75, 3.05) is 11.9 Å². The maximum absolute atomic E-state index is 3.61. The molecular weight excluding hydrogens is 330 g/mol. The smallest absolute Gasteiger partial charge is 0.0377 e. The number of nitrogens with zero attached hydrogens (tertiary/aromatic N) is 1. The van der Waals surface area contributed by atoms with Crippen LogP contribution in [0.1, 0.15) is 32.3 Å². The van der Waals surface area contributed by atoms with Crippen LogP contribution >= 0.6 is 31.9 Å². The maximum Gasteiger partial charge on any atom is 0.0377 e. The Morgan fingerprint density at radius 1 is 1.25 bits per heavy atom. The van der Waals surface area contributed by atoms with E-state index in [-0.39, 0.29) is 0 Å². The first-order chi connectivity index (χ1) is 7.63. The Morgan fingerprint density at radius 3 is 2.31 bits per heavy atom. The van der Waals surface area contributed by atoms with Crippen LogP contribution in [0.2, 0.25) is 0 Å². The summed E-state index contributed by atoms with van der Waals surface area (Å²) in [6.45, 7) is 4.49. The van der Waals surface area contributed by atoms with E-state index in [0.717, 1.165) is 5.33 Å². The van der Waals surface area contributed by atoms with Gasteiger partial charge in [-0.15, -0.1) is 0 Å². The van der Waals surface area contributed by atoms with Crippen LogP contribution in [0.3, 0.4) is 0 Å². The lowest BCUT2D eigenvalue weighted by molar-refractivity contribution is 0.591. The molecule has 1 aromatic carbocycles. The molecule has 0 fully saturated rings. The summed E-state index contributed by atoms with van der Waals surface area (Å²) in [4.78, 5) is 2.36. The second kappa shape index (κ2) is 6.65. The minimum atomic E-state index is 0.627. The summed E-state index contributed by atoms with van der Waals surface area (Å²) in [5.41, 5.74) is 2.58. The van der Waals surface area contributed by atoms with Gasteiger partial charge in [-0.1, -0.05) is 51.8 Å². The van der Waals surface area contributed by atoms with Crippen LogP contribution < -0.4 is 4.90 Å². The van der Waals surface area contributed by atoms with Gasteiger partial charge >= 0.3 is 0 Å². The van der Waals surface area contributed by atoms with Crippen LogP contribution in [0.4, 0.5) is 5.69 Å². The molecule has 0 amide bonds. The molecular formula is C13H19Br2N. The summed E-state index contributed by atoms with van der Waals surface area (Å²) in [7, 11) is 2.17. The van der Waals surface area contributed by atoms with Crippen molar-refractivity contribution in [3.63, 3.8) is 0 Å². The minimum absolute atomic E-state index is 0.627. The van der Waals surface area contributed by atoms with Gasteiger partial charge in [0.1, 0.15) is 0 Å². The number of hydrogen-bond acceptors (Lipinski definition) is 1. The third-order valence-electron chi connectivity index (χ3n) is 3.08. The predicted molar refractivity (Wildman–Crippen MR) is 79.5 cm³/mol. The highest BCUT2D eigenvalue weighted by atomic mass is 79.9. The molecule has 0 aliphatic heterocycles. The first kappa shape index (κ1) is 14.0. The van der Waals surface area contributed by atoms with E-state index in [2.05, 4.69) is 75.9 Å². The Kier molecular flexibility index (Phi) is 5.84. The second-order valence-electron chi connectivity index (χ2n) is 3.99. The van der Waals surface area contributed by atoms with Gasteiger partial charge in [0.2, 0.25) is 0 Å². The van der Waals surface area contributed by atoms with Crippen molar-refractivity contribution in [1.29, 1.82) is 0 Å². The third kappa shape index (κ3) is 3.24. The Hall–Kier alpha value is -0.0200. The van der Waals surface area contributed by atoms with Crippen molar-refractivity contribution in [3.8, 4) is 0 Å². The monoisotopic (exact) mass is 347 g/mol. The van der Waals surface area contributed by atoms with E-state index in [0.29, 0.717) is 6.04 Å². The van der Waals surface area contributed by atoms with Crippen LogP contribution in [0, 0.1) is 0 Å². The standard InChI is InChI=1S/C13H19Br2N/c1-4-11(5-2)16(3)12-7-6-10(9-14)13(15)8-12/h6-8,11H,4-5,9H2,1-3H3. The molecule has 16 heavy (non-hydrogen) atoms. The van der Waals surface area contributed by atoms with Crippen LogP contribution in [0.5, 0.6) is 0 Å². The molecule has 0 bridgehead atoms. The third-order valence-corrected chi connectivity index (χ3v) is 4.42. The lowest BCUT2D eigenvalue weighted by Crippen LogP contribution is -2.30. The summed E-state index contributed by atoms with van der Waals surface area (Å²) < 4.78 is 1.18. The Morgan fingerprint density at radius 2 is 1.88 bits per heavy atom. The molecule has 0 aliphatic rings. The zero-order valence-electron chi connectivity index (χ0n) is 10.1. The van der Waals surface area contributed by atoms with Gasteiger partial charge in [0, 0.05) is 28.6 Å². The van der Waals surface area contributed by atoms with E-state index in [1.807, 2.05) is 0 Å². The lowest BCUT2D eigenvalue weighted by atomic mass is 10.1. The van der Waals surface area contributed by atoms with Crippen molar-refractivity contribution in [3.05, 3.63) is 28.2 Å². The minimum Gasteiger partial charge on any atom is -0.372 e. The SMILES string of the molecule is CCC(CC)N(C)c1ccc(CBr)c(Br)c1. The molecule has 0 aliphatic carbocycles. The molecule has 0 atom stereocenters. The largest absolute Gasteiger partial charge is 0.372 e. The number of anilines is 1. The topological polar surface area (TPSA) is 3.24 Å². The maximum atomic E-state index is 3.61. The van der Waals surface area contributed by atoms with E-state index < -0.39 is 0 Å². The van der Waals surface area contributed by atoms with Crippen molar-refractivity contribution in [2.24, 2.45) is 0 Å². The molecule has 0 saturated heterocycles. The van der Waals surface area contributed by atoms with E-state index >= 15 is 0 Å². The van der Waals surface area contributed by atoms with E-state index in [1.165, 1.54) is 28.6 Å². The van der Waals surface area contributed by atoms with Gasteiger partial charge in [0.15, 0.2) is 0 Å². The summed E-state index contributed by atoms with van der Waals surface area (Å²) in [6, 6.07) is 7.20. The first-order valence-corrected chi connectivity index (χ1v) is 7.62. The van der Waals surface area contributed by atoms with Gasteiger partial charge in [-0.3, -0.25) is 0 Å². The molecule has 1 rings (SSSR count). The average molecular weight is 349 g/mol. The van der Waals surface area contributed by atoms with E-state index in [9.17, 15) is 0 Å². The van der Waals surface area contributed by atoms with Crippen LogP contribution in [0.25, 0.3) is 0 Å². The molecule has 0 saturated carbocycles. The molecule has 0 unspecified atom stereocenters. The van der Waals surface area contributed by atoms with Gasteiger partial charge in [-0.2, -0.15) is 0 Å². The van der Waals surface area contributed by atoms with Crippen LogP contribution in [-0.4, -0.2) is 13.1 Å². The summed E-state index contributed by atoms with van der Waals surface area (Å²) in [5, 5.41) is 0.891. The zero-order valence-corrected chi connectivity index (χ0v) is 13.3. The molecule has 0 aromatic heterocycles. The van der Waals surface area contributed by atoms with Gasteiger partial charge < -0.3 is 4.90 Å². The highest BCUT2D eigenvalue weighted by Crippen LogP contribution is 2.27. The summed E-state index contributed by atoms with van der Waals surface area (Å²) in [6.07, 6.45) is 2.37. The molecule has 0 radical (unpaired) electrons. The normalized spacial score (nSPS) is 10.9. The summed E-state index contributed by atoms with van der Waals surface area (Å²) in [5.74, 6) is 0. The Balaban J connectivity index is 2.91. The Bertz CT molecular complexity index is 335. The number of rotatable bonds is 5. The van der Waals surface area contributed by atoms with Crippen LogP contribution in [0.15, 0.2) is 22.7 Å². The van der Waals surface area contributed by atoms with Gasteiger partial charge in [-0.05, 0) is 30.5 Å². The highest BCUT2D eigenvalue weighted by Gasteiger charge is 2.12.